The lowest BCUT2D eigenvalue weighted by Crippen LogP contribution is -2.55. The summed E-state index contributed by atoms with van der Waals surface area (Å²) >= 11 is 0. The van der Waals surface area contributed by atoms with Gasteiger partial charge in [0.2, 0.25) is 33.7 Å². The van der Waals surface area contributed by atoms with Crippen LogP contribution in [0.15, 0.2) is 103 Å². The molecule has 0 aromatic heterocycles. The summed E-state index contributed by atoms with van der Waals surface area (Å²) in [4.78, 5) is 67.1. The van der Waals surface area contributed by atoms with Gasteiger partial charge in [-0.3, -0.25) is 34.4 Å². The van der Waals surface area contributed by atoms with Gasteiger partial charge in [0.15, 0.2) is 0 Å². The number of halogens is 3. The van der Waals surface area contributed by atoms with E-state index >= 15 is 0 Å². The lowest BCUT2D eigenvalue weighted by Gasteiger charge is -2.33. The third-order valence-electron chi connectivity index (χ3n) is 9.97. The quantitative estimate of drug-likeness (QED) is 0.0940. The van der Waals surface area contributed by atoms with E-state index in [4.69, 9.17) is 21.0 Å². The molecule has 0 spiro atoms. The smallest absolute Gasteiger partial charge is 0.475 e. The zero-order chi connectivity index (χ0) is 46.4. The minimum Gasteiger partial charge on any atom is -0.475 e. The zero-order valence-corrected chi connectivity index (χ0v) is 35.2. The number of carboxylic acids is 1. The van der Waals surface area contributed by atoms with Crippen molar-refractivity contribution in [3.8, 4) is 0 Å². The summed E-state index contributed by atoms with van der Waals surface area (Å²) in [6.45, 7) is 2.89. The highest BCUT2D eigenvalue weighted by Crippen LogP contribution is 2.17. The summed E-state index contributed by atoms with van der Waals surface area (Å²) in [6, 6.07) is 26.7. The van der Waals surface area contributed by atoms with Gasteiger partial charge in [-0.1, -0.05) is 78.9 Å². The van der Waals surface area contributed by atoms with Crippen LogP contribution in [0.25, 0.3) is 0 Å². The molecule has 6 bridgehead atoms. The Kier molecular flexibility index (Phi) is 16.7. The van der Waals surface area contributed by atoms with E-state index < -0.39 is 46.1 Å². The van der Waals surface area contributed by atoms with E-state index in [1.165, 1.54) is 0 Å². The fourth-order valence-electron chi connectivity index (χ4n) is 6.72. The van der Waals surface area contributed by atoms with Gasteiger partial charge in [0.1, 0.15) is 17.9 Å². The third-order valence-corrected chi connectivity index (χ3v) is 11.3. The normalized spacial score (nSPS) is 19.8. The first-order valence-corrected chi connectivity index (χ1v) is 21.5. The molecule has 0 unspecified atom stereocenters. The number of nitrogen functional groups attached to an aromatic ring is 1. The molecule has 4 aliphatic rings. The van der Waals surface area contributed by atoms with Crippen molar-refractivity contribution in [2.24, 2.45) is 5.73 Å². The fraction of sp³-hybridized carbons (Fsp3) is 0.302. The largest absolute Gasteiger partial charge is 0.490 e. The maximum Gasteiger partial charge on any atom is 0.490 e. The predicted molar refractivity (Wildman–Crippen MR) is 231 cm³/mol. The van der Waals surface area contributed by atoms with Crippen LogP contribution in [0.1, 0.15) is 27.8 Å². The number of fused-ring (bicyclic) bond motifs is 2. The highest BCUT2D eigenvalue weighted by atomic mass is 32.2. The standard InChI is InChI=1S/C41H47N9O6S.C2HF3O2/c42-39(43)32-13-9-29(10-14-32)24-44-40(53)35-22-28-11-15-33(16-12-28)45-37(51)25-49-17-19-50(20-18-49)26-38(52)46-34-8-4-7-31(21-34)23-36(41(54)47-35)48-57(55,56)27-30-5-2-1-3-6-30;3-2(4,5)1(6)7/h1-16,21,35-36,48H,17-20,22-27H2,(H3,42,43)(H,44,53)(H,45,51)(H,46,52)(H,47,54);(H,6,7)/t35-,36+;/m0./s1. The molecule has 4 aromatic carbocycles. The van der Waals surface area contributed by atoms with Gasteiger partial charge in [0.05, 0.1) is 18.8 Å². The number of nitrogens with zero attached hydrogens (tertiary/aromatic N) is 2. The number of nitrogens with one attached hydrogen (secondary N) is 6. The van der Waals surface area contributed by atoms with Gasteiger partial charge < -0.3 is 32.1 Å². The highest BCUT2D eigenvalue weighted by molar-refractivity contribution is 7.88. The first-order valence-electron chi connectivity index (χ1n) is 19.9. The molecule has 2 atom stereocenters. The lowest BCUT2D eigenvalue weighted by atomic mass is 10.0. The predicted octanol–water partition coefficient (Wildman–Crippen LogP) is 2.19. The first-order chi connectivity index (χ1) is 30.3. The summed E-state index contributed by atoms with van der Waals surface area (Å²) in [5.74, 6) is -4.89. The number of aliphatic carboxylic acids is 1. The molecule has 0 saturated carbocycles. The number of anilines is 2. The summed E-state index contributed by atoms with van der Waals surface area (Å²) in [7, 11) is -4.08. The van der Waals surface area contributed by atoms with E-state index in [-0.39, 0.29) is 55.9 Å². The number of carboxylic acid groups (broad SMARTS) is 1. The number of amides is 4. The van der Waals surface area contributed by atoms with Gasteiger partial charge >= 0.3 is 12.1 Å². The Morgan fingerprint density at radius 1 is 0.766 bits per heavy atom. The lowest BCUT2D eigenvalue weighted by molar-refractivity contribution is -0.192. The van der Waals surface area contributed by atoms with Crippen molar-refractivity contribution in [2.45, 2.75) is 43.4 Å². The number of carbonyl (C=O) groups excluding carboxylic acids is 4. The van der Waals surface area contributed by atoms with Crippen LogP contribution in [-0.2, 0) is 59.1 Å². The van der Waals surface area contributed by atoms with Crippen LogP contribution in [0.3, 0.4) is 0 Å². The van der Waals surface area contributed by atoms with Crippen LogP contribution in [0.5, 0.6) is 0 Å². The number of benzene rings is 4. The topological polar surface area (TPSA) is 256 Å². The second-order valence-electron chi connectivity index (χ2n) is 15.1. The molecule has 4 heterocycles. The van der Waals surface area contributed by atoms with Crippen molar-refractivity contribution in [3.63, 3.8) is 0 Å². The Bertz CT molecular complexity index is 2400. The SMILES string of the molecule is N=C(N)c1ccc(CNC(=O)[C@@H]2Cc3ccc(cc3)NC(=O)CN3CCN(CC3)CC(=O)Nc3cccc(c3)C[C@@H](NS(=O)(=O)Cc3ccccc3)C(=O)N2)cc1.O=C(O)C(F)(F)F. The van der Waals surface area contributed by atoms with E-state index in [2.05, 4.69) is 26.0 Å². The zero-order valence-electron chi connectivity index (χ0n) is 34.4. The monoisotopic (exact) mass is 907 g/mol. The maximum atomic E-state index is 14.3. The molecule has 0 radical (unpaired) electrons. The molecule has 1 fully saturated rings. The van der Waals surface area contributed by atoms with Crippen molar-refractivity contribution >= 4 is 56.8 Å². The molecule has 0 aliphatic carbocycles. The van der Waals surface area contributed by atoms with Crippen LogP contribution in [0.2, 0.25) is 0 Å². The van der Waals surface area contributed by atoms with E-state index in [1.54, 1.807) is 103 Å². The molecular formula is C43H48F3N9O8S. The van der Waals surface area contributed by atoms with Crippen molar-refractivity contribution < 1.29 is 50.7 Å². The third kappa shape index (κ3) is 15.6. The van der Waals surface area contributed by atoms with Crippen LogP contribution in [-0.4, -0.2) is 116 Å². The number of hydrogen-bond acceptors (Lipinski definition) is 10. The minimum atomic E-state index is -5.08. The Hall–Kier alpha value is -6.68. The van der Waals surface area contributed by atoms with E-state index in [9.17, 15) is 40.8 Å². The second-order valence-corrected chi connectivity index (χ2v) is 16.8. The molecule has 64 heavy (non-hydrogen) atoms. The van der Waals surface area contributed by atoms with Crippen molar-refractivity contribution in [1.82, 2.24) is 25.2 Å². The van der Waals surface area contributed by atoms with E-state index in [1.807, 2.05) is 9.80 Å². The summed E-state index contributed by atoms with van der Waals surface area (Å²) < 4.78 is 61.4. The Morgan fingerprint density at radius 3 is 1.91 bits per heavy atom. The molecule has 17 nitrogen and oxygen atoms in total. The number of sulfonamides is 1. The van der Waals surface area contributed by atoms with E-state index in [0.29, 0.717) is 59.8 Å². The average molecular weight is 908 g/mol. The number of rotatable bonds is 8. The van der Waals surface area contributed by atoms with Crippen molar-refractivity contribution in [2.75, 3.05) is 49.9 Å². The van der Waals surface area contributed by atoms with Crippen LogP contribution >= 0.6 is 0 Å². The van der Waals surface area contributed by atoms with Crippen molar-refractivity contribution in [3.05, 3.63) is 131 Å². The summed E-state index contributed by atoms with van der Waals surface area (Å²) in [5, 5.41) is 26.3. The fourth-order valence-corrected chi connectivity index (χ4v) is 8.06. The molecule has 8 rings (SSSR count). The molecule has 21 heteroatoms. The van der Waals surface area contributed by atoms with Crippen molar-refractivity contribution in [1.29, 1.82) is 5.41 Å². The molecule has 1 saturated heterocycles. The maximum absolute atomic E-state index is 14.3. The Morgan fingerprint density at radius 2 is 1.34 bits per heavy atom. The van der Waals surface area contributed by atoms with Gasteiger partial charge in [-0.05, 0) is 52.9 Å². The van der Waals surface area contributed by atoms with Gasteiger partial charge in [0, 0.05) is 56.1 Å². The molecule has 4 amide bonds. The number of carbonyl (C=O) groups is 5. The van der Waals surface area contributed by atoms with Crippen LogP contribution in [0, 0.1) is 5.41 Å². The molecular weight excluding hydrogens is 860 g/mol. The first kappa shape index (κ1) is 48.4. The number of nitrogens with two attached hydrogens (primary N) is 1. The van der Waals surface area contributed by atoms with Crippen LogP contribution in [0.4, 0.5) is 24.5 Å². The van der Waals surface area contributed by atoms with E-state index in [0.717, 1.165) is 5.56 Å². The van der Waals surface area contributed by atoms with Crippen LogP contribution < -0.4 is 31.7 Å². The number of hydrogen-bond donors (Lipinski definition) is 8. The summed E-state index contributed by atoms with van der Waals surface area (Å²) in [6.07, 6.45) is -5.12. The Labute approximate surface area is 367 Å². The number of piperazine rings is 1. The average Bonchev–Trinajstić information content (AvgIpc) is 3.23. The Balaban J connectivity index is 0.00000102. The minimum absolute atomic E-state index is 0.0460. The number of alkyl halides is 3. The second kappa shape index (κ2) is 22.1. The summed E-state index contributed by atoms with van der Waals surface area (Å²) in [5.41, 5.74) is 9.67. The van der Waals surface area contributed by atoms with Gasteiger partial charge in [-0.25, -0.2) is 17.9 Å². The van der Waals surface area contributed by atoms with Gasteiger partial charge in [-0.15, -0.1) is 0 Å². The van der Waals surface area contributed by atoms with Gasteiger partial charge in [0.25, 0.3) is 0 Å². The highest BCUT2D eigenvalue weighted by Gasteiger charge is 2.38. The molecule has 9 N–H and O–H groups in total. The molecule has 340 valence electrons. The van der Waals surface area contributed by atoms with Gasteiger partial charge in [-0.2, -0.15) is 13.2 Å². The molecule has 4 aliphatic heterocycles. The molecule has 4 aromatic rings. The number of amidine groups is 1.